The van der Waals surface area contributed by atoms with Gasteiger partial charge in [0.1, 0.15) is 24.6 Å². The molecule has 0 aliphatic carbocycles. The predicted molar refractivity (Wildman–Crippen MR) is 45.4 cm³/mol. The molecule has 0 aliphatic heterocycles. The summed E-state index contributed by atoms with van der Waals surface area (Å²) in [4.78, 5) is 13.4. The molecule has 7 heteroatoms. The number of alkyl halides is 1. The maximum Gasteiger partial charge on any atom is 0.434 e. The minimum Gasteiger partial charge on any atom is -0.390 e. The van der Waals surface area contributed by atoms with Crippen LogP contribution in [0.1, 0.15) is 5.69 Å². The van der Waals surface area contributed by atoms with Gasteiger partial charge in [-0.2, -0.15) is 0 Å². The summed E-state index contributed by atoms with van der Waals surface area (Å²) < 4.78 is 6.23. The molecule has 0 radical (unpaired) electrons. The topological polar surface area (TPSA) is 70.2 Å². The number of hydrogen-bond donors (Lipinski definition) is 0. The quantitative estimate of drug-likeness (QED) is 0.418. The largest absolute Gasteiger partial charge is 0.434 e. The van der Waals surface area contributed by atoms with E-state index in [-0.39, 0.29) is 18.6 Å². The van der Waals surface area contributed by atoms with E-state index in [1.54, 1.807) is 7.05 Å². The molecule has 72 valence electrons. The first-order valence-corrected chi connectivity index (χ1v) is 3.99. The van der Waals surface area contributed by atoms with E-state index in [2.05, 4.69) is 4.98 Å². The van der Waals surface area contributed by atoms with Gasteiger partial charge in [0.05, 0.1) is 7.05 Å². The number of halogens is 1. The van der Waals surface area contributed by atoms with E-state index in [1.807, 2.05) is 0 Å². The fraction of sp³-hybridized carbons (Fsp3) is 0.500. The first-order chi connectivity index (χ1) is 6.16. The third-order valence-corrected chi connectivity index (χ3v) is 1.70. The normalized spacial score (nSPS) is 10.3. The summed E-state index contributed by atoms with van der Waals surface area (Å²) in [5.41, 5.74) is 0.618. The molecule has 0 saturated carbocycles. The van der Waals surface area contributed by atoms with Crippen molar-refractivity contribution in [1.29, 1.82) is 0 Å². The van der Waals surface area contributed by atoms with Crippen molar-refractivity contribution in [2.45, 2.75) is 6.61 Å². The predicted octanol–water partition coefficient (Wildman–Crippen LogP) is 1.04. The fourth-order valence-corrected chi connectivity index (χ4v) is 0.958. The monoisotopic (exact) mass is 205 g/mol. The lowest BCUT2D eigenvalue weighted by Gasteiger charge is -1.98. The van der Waals surface area contributed by atoms with Gasteiger partial charge >= 0.3 is 5.95 Å². The molecule has 0 aromatic carbocycles. The molecule has 1 heterocycles. The zero-order valence-corrected chi connectivity index (χ0v) is 7.69. The summed E-state index contributed by atoms with van der Waals surface area (Å²) in [6.45, 7) is 0.223. The highest BCUT2D eigenvalue weighted by atomic mass is 35.5. The van der Waals surface area contributed by atoms with Crippen molar-refractivity contribution in [2.75, 3.05) is 6.07 Å². The van der Waals surface area contributed by atoms with E-state index in [0.717, 1.165) is 0 Å². The second kappa shape index (κ2) is 4.20. The van der Waals surface area contributed by atoms with Crippen LogP contribution in [0.15, 0.2) is 6.20 Å². The molecular formula is C6H8ClN3O3. The molecule has 13 heavy (non-hydrogen) atoms. The average Bonchev–Trinajstić information content (AvgIpc) is 2.43. The van der Waals surface area contributed by atoms with Crippen LogP contribution in [0.4, 0.5) is 5.95 Å². The molecule has 1 aromatic rings. The second-order valence-corrected chi connectivity index (χ2v) is 2.54. The van der Waals surface area contributed by atoms with Gasteiger partial charge in [0.2, 0.25) is 0 Å². The zero-order valence-electron chi connectivity index (χ0n) is 6.94. The van der Waals surface area contributed by atoms with Crippen molar-refractivity contribution in [3.05, 3.63) is 22.0 Å². The Kier molecular flexibility index (Phi) is 3.21. The lowest BCUT2D eigenvalue weighted by molar-refractivity contribution is -0.396. The Morgan fingerprint density at radius 2 is 2.54 bits per heavy atom. The molecule has 0 spiro atoms. The summed E-state index contributed by atoms with van der Waals surface area (Å²) in [5, 5.41) is 10.4. The molecule has 0 N–H and O–H groups in total. The lowest BCUT2D eigenvalue weighted by Crippen LogP contribution is -2.03. The molecule has 0 bridgehead atoms. The van der Waals surface area contributed by atoms with Crippen molar-refractivity contribution >= 4 is 17.5 Å². The number of nitrogens with zero attached hydrogens (tertiary/aromatic N) is 3. The average molecular weight is 206 g/mol. The maximum atomic E-state index is 10.4. The molecule has 0 unspecified atom stereocenters. The molecule has 1 aromatic heterocycles. The SMILES string of the molecule is Cn1c(COCCl)cnc1[N+](=O)[O-]. The Labute approximate surface area is 79.2 Å². The number of hydrogen-bond acceptors (Lipinski definition) is 4. The van der Waals surface area contributed by atoms with Crippen LogP contribution < -0.4 is 0 Å². The van der Waals surface area contributed by atoms with Crippen LogP contribution in [0.3, 0.4) is 0 Å². The van der Waals surface area contributed by atoms with Gasteiger partial charge in [-0.3, -0.25) is 0 Å². The molecule has 0 aliphatic rings. The summed E-state index contributed by atoms with van der Waals surface area (Å²) >= 11 is 5.29. The van der Waals surface area contributed by atoms with Crippen LogP contribution in [0.25, 0.3) is 0 Å². The van der Waals surface area contributed by atoms with Gasteiger partial charge in [0, 0.05) is 0 Å². The third-order valence-electron chi connectivity index (χ3n) is 1.55. The van der Waals surface area contributed by atoms with Gasteiger partial charge in [-0.05, 0) is 4.92 Å². The van der Waals surface area contributed by atoms with Gasteiger partial charge in [0.15, 0.2) is 0 Å². The van der Waals surface area contributed by atoms with Crippen molar-refractivity contribution in [1.82, 2.24) is 9.55 Å². The van der Waals surface area contributed by atoms with Crippen LogP contribution in [0.2, 0.25) is 0 Å². The Hall–Kier alpha value is -1.14. The van der Waals surface area contributed by atoms with E-state index in [0.29, 0.717) is 5.69 Å². The van der Waals surface area contributed by atoms with Gasteiger partial charge in [-0.25, -0.2) is 4.57 Å². The smallest absolute Gasteiger partial charge is 0.390 e. The number of imidazole rings is 1. The Bertz CT molecular complexity index is 312. The van der Waals surface area contributed by atoms with E-state index in [9.17, 15) is 10.1 Å². The lowest BCUT2D eigenvalue weighted by atomic mass is 10.5. The Morgan fingerprint density at radius 1 is 1.85 bits per heavy atom. The maximum absolute atomic E-state index is 10.4. The molecule has 0 amide bonds. The molecule has 6 nitrogen and oxygen atoms in total. The standard InChI is InChI=1S/C6H8ClN3O3/c1-9-5(3-13-4-7)2-8-6(9)10(11)12/h2H,3-4H2,1H3. The summed E-state index contributed by atoms with van der Waals surface area (Å²) in [6, 6.07) is 0.0545. The minimum absolute atomic E-state index is 0.0545. The summed E-state index contributed by atoms with van der Waals surface area (Å²) in [6.07, 6.45) is 1.39. The van der Waals surface area contributed by atoms with Gasteiger partial charge < -0.3 is 14.9 Å². The van der Waals surface area contributed by atoms with Crippen LogP contribution in [0.5, 0.6) is 0 Å². The molecule has 0 saturated heterocycles. The number of nitro groups is 1. The van der Waals surface area contributed by atoms with Crippen LogP contribution >= 0.6 is 11.6 Å². The van der Waals surface area contributed by atoms with E-state index in [1.165, 1.54) is 10.8 Å². The Morgan fingerprint density at radius 3 is 3.00 bits per heavy atom. The minimum atomic E-state index is -0.551. The van der Waals surface area contributed by atoms with E-state index < -0.39 is 4.92 Å². The highest BCUT2D eigenvalue weighted by Crippen LogP contribution is 2.11. The Balaban J connectivity index is 2.80. The first-order valence-electron chi connectivity index (χ1n) is 3.45. The van der Waals surface area contributed by atoms with Crippen molar-refractivity contribution in [3.8, 4) is 0 Å². The number of rotatable bonds is 4. The second-order valence-electron chi connectivity index (χ2n) is 2.32. The zero-order chi connectivity index (χ0) is 9.84. The van der Waals surface area contributed by atoms with E-state index >= 15 is 0 Å². The summed E-state index contributed by atoms with van der Waals surface area (Å²) in [5.74, 6) is -0.201. The summed E-state index contributed by atoms with van der Waals surface area (Å²) in [7, 11) is 1.55. The number of ether oxygens (including phenoxy) is 1. The van der Waals surface area contributed by atoms with Crippen LogP contribution in [-0.4, -0.2) is 20.5 Å². The van der Waals surface area contributed by atoms with Crippen molar-refractivity contribution in [2.24, 2.45) is 7.05 Å². The highest BCUT2D eigenvalue weighted by Gasteiger charge is 2.16. The fourth-order valence-electron chi connectivity index (χ4n) is 0.881. The molecule has 0 atom stereocenters. The molecule has 1 rings (SSSR count). The van der Waals surface area contributed by atoms with Crippen LogP contribution in [0, 0.1) is 10.1 Å². The first kappa shape index (κ1) is 9.94. The third kappa shape index (κ3) is 2.16. The van der Waals surface area contributed by atoms with Gasteiger partial charge in [-0.15, -0.1) is 0 Å². The van der Waals surface area contributed by atoms with Crippen LogP contribution in [-0.2, 0) is 18.4 Å². The molecule has 0 fully saturated rings. The highest BCUT2D eigenvalue weighted by molar-refractivity contribution is 6.17. The van der Waals surface area contributed by atoms with Gasteiger partial charge in [0.25, 0.3) is 0 Å². The number of aromatic nitrogens is 2. The van der Waals surface area contributed by atoms with E-state index in [4.69, 9.17) is 16.3 Å². The van der Waals surface area contributed by atoms with Crippen molar-refractivity contribution in [3.63, 3.8) is 0 Å². The molecular weight excluding hydrogens is 198 g/mol. The van der Waals surface area contributed by atoms with Gasteiger partial charge in [-0.1, -0.05) is 16.6 Å². The van der Waals surface area contributed by atoms with Crippen molar-refractivity contribution < 1.29 is 9.66 Å².